The topological polar surface area (TPSA) is 73.9 Å². The lowest BCUT2D eigenvalue weighted by Gasteiger charge is -2.38. The van der Waals surface area contributed by atoms with Crippen molar-refractivity contribution < 1.29 is 23.8 Å². The Bertz CT molecular complexity index is 1220. The van der Waals surface area contributed by atoms with E-state index < -0.39 is 5.60 Å². The number of ether oxygens (including phenoxy) is 3. The van der Waals surface area contributed by atoms with Crippen LogP contribution in [0.4, 0.5) is 4.79 Å². The van der Waals surface area contributed by atoms with Gasteiger partial charge in [0.05, 0.1) is 16.0 Å². The summed E-state index contributed by atoms with van der Waals surface area (Å²) in [5, 5.41) is 1.91. The second-order valence-electron chi connectivity index (χ2n) is 9.24. The van der Waals surface area contributed by atoms with E-state index in [1.165, 1.54) is 11.1 Å². The number of amides is 2. The number of halogens is 1. The molecule has 2 aliphatic heterocycles. The first-order valence-corrected chi connectivity index (χ1v) is 13.3. The average Bonchev–Trinajstić information content (AvgIpc) is 3.13. The Morgan fingerprint density at radius 3 is 2.60 bits per heavy atom. The third-order valence-corrected chi connectivity index (χ3v) is 7.87. The van der Waals surface area contributed by atoms with Crippen LogP contribution in [0.25, 0.3) is 6.08 Å². The number of rotatable bonds is 7. The molecule has 0 radical (unpaired) electrons. The van der Waals surface area contributed by atoms with Gasteiger partial charge in [0.1, 0.15) is 29.5 Å². The fraction of sp³-hybridized carbons (Fsp3) is 0.407. The van der Waals surface area contributed by atoms with Crippen molar-refractivity contribution in [2.75, 3.05) is 13.2 Å². The zero-order valence-electron chi connectivity index (χ0n) is 20.7. The van der Waals surface area contributed by atoms with Crippen molar-refractivity contribution >= 4 is 44.9 Å². The first-order chi connectivity index (χ1) is 16.6. The standard InChI is InChI=1S/C27H30BrNO5S/c1-6-11-32-23-15(2)16(3)24-19(17(23)4)9-10-27(5,34-24)14-33-21-8-7-18(12-20(21)28)13-22-25(30)29-26(31)35-22/h7-8,12-13H,6,9-11,14H2,1-5H3,(H,29,30,31). The normalized spacial score (nSPS) is 20.5. The van der Waals surface area contributed by atoms with Gasteiger partial charge < -0.3 is 14.2 Å². The molecule has 1 fully saturated rings. The molecule has 0 spiro atoms. The molecule has 1 saturated heterocycles. The maximum Gasteiger partial charge on any atom is 0.290 e. The predicted octanol–water partition coefficient (Wildman–Crippen LogP) is 6.65. The van der Waals surface area contributed by atoms with Crippen LogP contribution in [-0.4, -0.2) is 30.0 Å². The number of hydrogen-bond donors (Lipinski definition) is 1. The van der Waals surface area contributed by atoms with Crippen molar-refractivity contribution in [3.05, 3.63) is 55.4 Å². The highest BCUT2D eigenvalue weighted by molar-refractivity contribution is 9.10. The summed E-state index contributed by atoms with van der Waals surface area (Å²) in [6.45, 7) is 11.6. The van der Waals surface area contributed by atoms with Gasteiger partial charge in [-0.2, -0.15) is 0 Å². The molecule has 1 atom stereocenters. The quantitative estimate of drug-likeness (QED) is 0.383. The Hall–Kier alpha value is -2.45. The molecule has 0 saturated carbocycles. The molecule has 2 aromatic carbocycles. The van der Waals surface area contributed by atoms with E-state index in [2.05, 4.69) is 55.9 Å². The van der Waals surface area contributed by atoms with Gasteiger partial charge in [-0.1, -0.05) is 13.0 Å². The lowest BCUT2D eigenvalue weighted by Crippen LogP contribution is -2.42. The minimum absolute atomic E-state index is 0.354. The van der Waals surface area contributed by atoms with Gasteiger partial charge in [0.25, 0.3) is 11.1 Å². The molecule has 8 heteroatoms. The molecule has 0 aromatic heterocycles. The minimum Gasteiger partial charge on any atom is -0.493 e. The number of carbonyl (C=O) groups excluding carboxylic acids is 2. The molecule has 2 heterocycles. The number of imide groups is 1. The molecule has 186 valence electrons. The number of benzene rings is 2. The number of nitrogens with one attached hydrogen (secondary N) is 1. The van der Waals surface area contributed by atoms with E-state index in [0.717, 1.165) is 63.7 Å². The Labute approximate surface area is 218 Å². The van der Waals surface area contributed by atoms with Crippen molar-refractivity contribution in [3.8, 4) is 17.2 Å². The van der Waals surface area contributed by atoms with E-state index in [0.29, 0.717) is 23.9 Å². The molecule has 0 bridgehead atoms. The molecule has 1 N–H and O–H groups in total. The SMILES string of the molecule is CCCOc1c(C)c(C)c2c(c1C)CCC(C)(COc1ccc(C=C3SC(=O)NC3=O)cc1Br)O2. The van der Waals surface area contributed by atoms with E-state index in [-0.39, 0.29) is 11.1 Å². The molecule has 2 amide bonds. The highest BCUT2D eigenvalue weighted by atomic mass is 79.9. The van der Waals surface area contributed by atoms with Gasteiger partial charge in [-0.05, 0) is 115 Å². The predicted molar refractivity (Wildman–Crippen MR) is 143 cm³/mol. The molecule has 0 aliphatic carbocycles. The van der Waals surface area contributed by atoms with Crippen molar-refractivity contribution in [1.82, 2.24) is 5.32 Å². The van der Waals surface area contributed by atoms with E-state index >= 15 is 0 Å². The smallest absolute Gasteiger partial charge is 0.290 e. The number of carbonyl (C=O) groups is 2. The second-order valence-corrected chi connectivity index (χ2v) is 11.1. The fourth-order valence-corrected chi connectivity index (χ4v) is 5.52. The van der Waals surface area contributed by atoms with Crippen LogP contribution in [-0.2, 0) is 11.2 Å². The van der Waals surface area contributed by atoms with Crippen LogP contribution >= 0.6 is 27.7 Å². The lowest BCUT2D eigenvalue weighted by atomic mass is 9.87. The summed E-state index contributed by atoms with van der Waals surface area (Å²) in [5.41, 5.74) is 4.97. The Morgan fingerprint density at radius 2 is 1.94 bits per heavy atom. The van der Waals surface area contributed by atoms with Crippen LogP contribution in [0.1, 0.15) is 54.5 Å². The van der Waals surface area contributed by atoms with Crippen LogP contribution in [0.15, 0.2) is 27.6 Å². The summed E-state index contributed by atoms with van der Waals surface area (Å²) in [6.07, 6.45) is 4.40. The van der Waals surface area contributed by atoms with Gasteiger partial charge in [-0.15, -0.1) is 0 Å². The zero-order valence-corrected chi connectivity index (χ0v) is 23.1. The summed E-state index contributed by atoms with van der Waals surface area (Å²) < 4.78 is 19.6. The third-order valence-electron chi connectivity index (χ3n) is 6.44. The fourth-order valence-electron chi connectivity index (χ4n) is 4.33. The van der Waals surface area contributed by atoms with Crippen LogP contribution < -0.4 is 19.5 Å². The first kappa shape index (κ1) is 25.6. The molecular weight excluding hydrogens is 530 g/mol. The van der Waals surface area contributed by atoms with Gasteiger partial charge in [0, 0.05) is 5.56 Å². The number of thioether (sulfide) groups is 1. The summed E-state index contributed by atoms with van der Waals surface area (Å²) in [7, 11) is 0. The summed E-state index contributed by atoms with van der Waals surface area (Å²) in [6, 6.07) is 5.58. The lowest BCUT2D eigenvalue weighted by molar-refractivity contribution is -0.115. The van der Waals surface area contributed by atoms with Crippen molar-refractivity contribution in [2.45, 2.75) is 59.5 Å². The van der Waals surface area contributed by atoms with E-state index in [1.54, 1.807) is 6.08 Å². The van der Waals surface area contributed by atoms with Crippen molar-refractivity contribution in [2.24, 2.45) is 0 Å². The largest absolute Gasteiger partial charge is 0.493 e. The van der Waals surface area contributed by atoms with Gasteiger partial charge in [-0.25, -0.2) is 0 Å². The van der Waals surface area contributed by atoms with E-state index in [4.69, 9.17) is 14.2 Å². The highest BCUT2D eigenvalue weighted by Gasteiger charge is 2.36. The van der Waals surface area contributed by atoms with E-state index in [9.17, 15) is 9.59 Å². The molecule has 6 nitrogen and oxygen atoms in total. The van der Waals surface area contributed by atoms with Crippen molar-refractivity contribution in [1.29, 1.82) is 0 Å². The molecule has 2 aromatic rings. The van der Waals surface area contributed by atoms with Crippen LogP contribution in [0, 0.1) is 20.8 Å². The maximum absolute atomic E-state index is 11.8. The molecule has 4 rings (SSSR count). The van der Waals surface area contributed by atoms with Crippen LogP contribution in [0.3, 0.4) is 0 Å². The highest BCUT2D eigenvalue weighted by Crippen LogP contribution is 2.44. The zero-order chi connectivity index (χ0) is 25.3. The van der Waals surface area contributed by atoms with Gasteiger partial charge in [0.2, 0.25) is 0 Å². The molecular formula is C27H30BrNO5S. The Morgan fingerprint density at radius 1 is 1.17 bits per heavy atom. The summed E-state index contributed by atoms with van der Waals surface area (Å²) >= 11 is 4.47. The van der Waals surface area contributed by atoms with Gasteiger partial charge in [-0.3, -0.25) is 14.9 Å². The van der Waals surface area contributed by atoms with Crippen LogP contribution in [0.2, 0.25) is 0 Å². The van der Waals surface area contributed by atoms with Crippen LogP contribution in [0.5, 0.6) is 17.2 Å². The molecule has 35 heavy (non-hydrogen) atoms. The first-order valence-electron chi connectivity index (χ1n) is 11.7. The molecule has 2 aliphatic rings. The maximum atomic E-state index is 11.8. The minimum atomic E-state index is -0.471. The number of fused-ring (bicyclic) bond motifs is 1. The Kier molecular flexibility index (Phi) is 7.52. The molecule has 1 unspecified atom stereocenters. The summed E-state index contributed by atoms with van der Waals surface area (Å²) in [5.74, 6) is 2.26. The summed E-state index contributed by atoms with van der Waals surface area (Å²) in [4.78, 5) is 23.5. The second kappa shape index (κ2) is 10.3. The van der Waals surface area contributed by atoms with Gasteiger partial charge >= 0.3 is 0 Å². The Balaban J connectivity index is 1.48. The van der Waals surface area contributed by atoms with Crippen molar-refractivity contribution in [3.63, 3.8) is 0 Å². The third kappa shape index (κ3) is 5.38. The number of hydrogen-bond acceptors (Lipinski definition) is 6. The van der Waals surface area contributed by atoms with E-state index in [1.807, 2.05) is 18.2 Å². The average molecular weight is 561 g/mol. The van der Waals surface area contributed by atoms with Gasteiger partial charge in [0.15, 0.2) is 0 Å². The monoisotopic (exact) mass is 559 g/mol.